The SMILES string of the molecule is CNCCNc1ccc(-n2ccc(OCc3ccc(Cl)cn3)cc2=O)cn1. The lowest BCUT2D eigenvalue weighted by Crippen LogP contribution is -2.19. The largest absolute Gasteiger partial charge is 0.487 e. The van der Waals surface area contributed by atoms with E-state index in [9.17, 15) is 4.79 Å². The van der Waals surface area contributed by atoms with Crippen molar-refractivity contribution >= 4 is 17.4 Å². The highest BCUT2D eigenvalue weighted by Crippen LogP contribution is 2.13. The van der Waals surface area contributed by atoms with Gasteiger partial charge in [0, 0.05) is 31.5 Å². The fraction of sp³-hybridized carbons (Fsp3) is 0.211. The molecule has 7 nitrogen and oxygen atoms in total. The molecule has 0 aliphatic rings. The maximum Gasteiger partial charge on any atom is 0.258 e. The van der Waals surface area contributed by atoms with Crippen LogP contribution in [0.1, 0.15) is 5.69 Å². The van der Waals surface area contributed by atoms with E-state index in [2.05, 4.69) is 20.6 Å². The molecule has 0 radical (unpaired) electrons. The standard InChI is InChI=1S/C19H20ClN5O2/c1-21-7-8-22-18-5-4-16(12-24-18)25-9-6-17(10-19(25)26)27-13-15-3-2-14(20)11-23-15/h2-6,9-12,21H,7-8,13H2,1H3,(H,22,24). The van der Waals surface area contributed by atoms with Crippen molar-refractivity contribution in [3.05, 3.63) is 76.1 Å². The van der Waals surface area contributed by atoms with Crippen molar-refractivity contribution in [1.29, 1.82) is 0 Å². The number of pyridine rings is 3. The second kappa shape index (κ2) is 9.16. The van der Waals surface area contributed by atoms with Crippen LogP contribution in [0.5, 0.6) is 5.75 Å². The highest BCUT2D eigenvalue weighted by atomic mass is 35.5. The predicted molar refractivity (Wildman–Crippen MR) is 106 cm³/mol. The summed E-state index contributed by atoms with van der Waals surface area (Å²) in [5.41, 5.74) is 1.22. The van der Waals surface area contributed by atoms with Crippen LogP contribution >= 0.6 is 11.6 Å². The minimum Gasteiger partial charge on any atom is -0.487 e. The Hall–Kier alpha value is -2.90. The Bertz CT molecular complexity index is 926. The molecule has 0 saturated carbocycles. The van der Waals surface area contributed by atoms with Gasteiger partial charge in [-0.15, -0.1) is 0 Å². The Balaban J connectivity index is 1.65. The van der Waals surface area contributed by atoms with Gasteiger partial charge in [0.25, 0.3) is 5.56 Å². The number of hydrogen-bond acceptors (Lipinski definition) is 6. The zero-order valence-electron chi connectivity index (χ0n) is 14.9. The monoisotopic (exact) mass is 385 g/mol. The van der Waals surface area contributed by atoms with E-state index in [-0.39, 0.29) is 12.2 Å². The Morgan fingerprint density at radius 1 is 1.11 bits per heavy atom. The molecule has 3 aromatic heterocycles. The number of halogens is 1. The third-order valence-corrected chi connectivity index (χ3v) is 4.00. The van der Waals surface area contributed by atoms with E-state index >= 15 is 0 Å². The number of nitrogens with zero attached hydrogens (tertiary/aromatic N) is 3. The third-order valence-electron chi connectivity index (χ3n) is 3.77. The normalized spacial score (nSPS) is 10.6. The van der Waals surface area contributed by atoms with E-state index in [1.165, 1.54) is 10.6 Å². The molecule has 0 atom stereocenters. The molecule has 2 N–H and O–H groups in total. The lowest BCUT2D eigenvalue weighted by atomic mass is 10.3. The van der Waals surface area contributed by atoms with Crippen LogP contribution in [0.2, 0.25) is 5.02 Å². The molecule has 0 aliphatic carbocycles. The van der Waals surface area contributed by atoms with E-state index in [1.54, 1.807) is 36.8 Å². The van der Waals surface area contributed by atoms with Crippen molar-refractivity contribution in [2.75, 3.05) is 25.5 Å². The van der Waals surface area contributed by atoms with Crippen molar-refractivity contribution in [3.63, 3.8) is 0 Å². The van der Waals surface area contributed by atoms with Gasteiger partial charge >= 0.3 is 0 Å². The average Bonchev–Trinajstić information content (AvgIpc) is 2.69. The minimum atomic E-state index is -0.200. The Morgan fingerprint density at radius 2 is 2.00 bits per heavy atom. The maximum atomic E-state index is 12.4. The van der Waals surface area contributed by atoms with Gasteiger partial charge in [-0.1, -0.05) is 11.6 Å². The number of anilines is 1. The van der Waals surface area contributed by atoms with Crippen molar-refractivity contribution in [2.45, 2.75) is 6.61 Å². The first-order valence-corrected chi connectivity index (χ1v) is 8.84. The number of rotatable bonds is 8. The van der Waals surface area contributed by atoms with E-state index < -0.39 is 0 Å². The molecule has 3 rings (SSSR count). The first-order valence-electron chi connectivity index (χ1n) is 8.46. The average molecular weight is 386 g/mol. The lowest BCUT2D eigenvalue weighted by molar-refractivity contribution is 0.300. The van der Waals surface area contributed by atoms with Gasteiger partial charge in [0.2, 0.25) is 0 Å². The molecule has 0 saturated heterocycles. The molecular weight excluding hydrogens is 366 g/mol. The summed E-state index contributed by atoms with van der Waals surface area (Å²) >= 11 is 5.81. The molecule has 3 aromatic rings. The molecule has 0 amide bonds. The van der Waals surface area contributed by atoms with Crippen molar-refractivity contribution in [1.82, 2.24) is 19.9 Å². The summed E-state index contributed by atoms with van der Waals surface area (Å²) in [6.45, 7) is 1.88. The van der Waals surface area contributed by atoms with Gasteiger partial charge in [0.1, 0.15) is 18.2 Å². The van der Waals surface area contributed by atoms with Gasteiger partial charge < -0.3 is 15.4 Å². The molecule has 0 fully saturated rings. The highest BCUT2D eigenvalue weighted by molar-refractivity contribution is 6.30. The number of hydrogen-bond donors (Lipinski definition) is 2. The molecule has 0 bridgehead atoms. The summed E-state index contributed by atoms with van der Waals surface area (Å²) in [5, 5.41) is 6.81. The van der Waals surface area contributed by atoms with E-state index in [0.717, 1.165) is 24.6 Å². The summed E-state index contributed by atoms with van der Waals surface area (Å²) in [5.74, 6) is 1.24. The van der Waals surface area contributed by atoms with Crippen LogP contribution < -0.4 is 20.9 Å². The quantitative estimate of drug-likeness (QED) is 0.580. The number of likely N-dealkylation sites (N-methyl/N-ethyl adjacent to an activating group) is 1. The molecule has 0 unspecified atom stereocenters. The van der Waals surface area contributed by atoms with Crippen LogP contribution in [-0.2, 0) is 6.61 Å². The van der Waals surface area contributed by atoms with E-state index in [4.69, 9.17) is 16.3 Å². The van der Waals surface area contributed by atoms with Crippen molar-refractivity contribution in [2.24, 2.45) is 0 Å². The molecule has 27 heavy (non-hydrogen) atoms. The second-order valence-corrected chi connectivity index (χ2v) is 6.20. The van der Waals surface area contributed by atoms with Gasteiger partial charge in [0.05, 0.1) is 22.6 Å². The molecule has 0 aromatic carbocycles. The predicted octanol–water partition coefficient (Wildman–Crippen LogP) is 2.49. The summed E-state index contributed by atoms with van der Waals surface area (Å²) in [7, 11) is 1.89. The fourth-order valence-corrected chi connectivity index (χ4v) is 2.47. The second-order valence-electron chi connectivity index (χ2n) is 5.76. The minimum absolute atomic E-state index is 0.200. The number of aromatic nitrogens is 3. The zero-order chi connectivity index (χ0) is 19.1. The van der Waals surface area contributed by atoms with Gasteiger partial charge in [-0.05, 0) is 37.4 Å². The molecule has 3 heterocycles. The van der Waals surface area contributed by atoms with Gasteiger partial charge in [0.15, 0.2) is 0 Å². The Morgan fingerprint density at radius 3 is 2.67 bits per heavy atom. The highest BCUT2D eigenvalue weighted by Gasteiger charge is 2.04. The van der Waals surface area contributed by atoms with Gasteiger partial charge in [-0.3, -0.25) is 14.3 Å². The number of nitrogens with one attached hydrogen (secondary N) is 2. The first kappa shape index (κ1) is 18.9. The van der Waals surface area contributed by atoms with Gasteiger partial charge in [-0.25, -0.2) is 4.98 Å². The Labute approximate surface area is 162 Å². The van der Waals surface area contributed by atoms with Crippen LogP contribution in [0.4, 0.5) is 5.82 Å². The first-order chi connectivity index (χ1) is 13.2. The topological polar surface area (TPSA) is 81.1 Å². The van der Waals surface area contributed by atoms with Crippen LogP contribution in [-0.4, -0.2) is 34.7 Å². The fourth-order valence-electron chi connectivity index (χ4n) is 2.36. The van der Waals surface area contributed by atoms with Gasteiger partial charge in [-0.2, -0.15) is 0 Å². The van der Waals surface area contributed by atoms with Crippen molar-refractivity contribution in [3.8, 4) is 11.4 Å². The van der Waals surface area contributed by atoms with Crippen LogP contribution in [0.15, 0.2) is 59.8 Å². The smallest absolute Gasteiger partial charge is 0.258 e. The Kier molecular flexibility index (Phi) is 6.40. The van der Waals surface area contributed by atoms with Crippen LogP contribution in [0.25, 0.3) is 5.69 Å². The number of ether oxygens (including phenoxy) is 1. The summed E-state index contributed by atoms with van der Waals surface area (Å²) in [6, 6.07) is 10.4. The summed E-state index contributed by atoms with van der Waals surface area (Å²) < 4.78 is 7.14. The van der Waals surface area contributed by atoms with Crippen LogP contribution in [0, 0.1) is 0 Å². The molecule has 0 aliphatic heterocycles. The van der Waals surface area contributed by atoms with E-state index in [1.807, 2.05) is 19.2 Å². The zero-order valence-corrected chi connectivity index (χ0v) is 15.6. The molecule has 8 heteroatoms. The molecule has 140 valence electrons. The van der Waals surface area contributed by atoms with Crippen molar-refractivity contribution < 1.29 is 4.74 Å². The maximum absolute atomic E-state index is 12.4. The summed E-state index contributed by atoms with van der Waals surface area (Å²) in [4.78, 5) is 20.9. The summed E-state index contributed by atoms with van der Waals surface area (Å²) in [6.07, 6.45) is 4.88. The molecular formula is C19H20ClN5O2. The lowest BCUT2D eigenvalue weighted by Gasteiger charge is -2.10. The third kappa shape index (κ3) is 5.29. The van der Waals surface area contributed by atoms with E-state index in [0.29, 0.717) is 16.5 Å². The van der Waals surface area contributed by atoms with Crippen LogP contribution in [0.3, 0.4) is 0 Å². The molecule has 0 spiro atoms.